The lowest BCUT2D eigenvalue weighted by molar-refractivity contribution is -0.137. The summed E-state index contributed by atoms with van der Waals surface area (Å²) in [4.78, 5) is 19.5. The summed E-state index contributed by atoms with van der Waals surface area (Å²) in [5.41, 5.74) is -0.145. The number of piperidine rings is 1. The summed E-state index contributed by atoms with van der Waals surface area (Å²) in [5, 5.41) is 3.35. The minimum Gasteiger partial charge on any atom is -0.350 e. The highest BCUT2D eigenvalue weighted by Crippen LogP contribution is 2.38. The Bertz CT molecular complexity index is 847. The summed E-state index contributed by atoms with van der Waals surface area (Å²) < 4.78 is 39.0. The van der Waals surface area contributed by atoms with E-state index in [1.165, 1.54) is 25.3 Å². The van der Waals surface area contributed by atoms with E-state index in [1.54, 1.807) is 6.92 Å². The van der Waals surface area contributed by atoms with Gasteiger partial charge >= 0.3 is 6.18 Å². The minimum absolute atomic E-state index is 0.166. The second-order valence-corrected chi connectivity index (χ2v) is 8.19. The summed E-state index contributed by atoms with van der Waals surface area (Å²) in [6.07, 6.45) is -0.851. The summed E-state index contributed by atoms with van der Waals surface area (Å²) in [7, 11) is 0. The van der Waals surface area contributed by atoms with Crippen molar-refractivity contribution in [1.82, 2.24) is 15.2 Å². The molecule has 0 saturated carbocycles. The zero-order valence-corrected chi connectivity index (χ0v) is 17.0. The van der Waals surface area contributed by atoms with Crippen LogP contribution in [0.4, 0.5) is 13.2 Å². The highest BCUT2D eigenvalue weighted by Gasteiger charge is 2.31. The van der Waals surface area contributed by atoms with Crippen LogP contribution in [0.2, 0.25) is 5.02 Å². The van der Waals surface area contributed by atoms with Crippen LogP contribution in [-0.4, -0.2) is 42.0 Å². The standard InChI is InChI=1S/C19H21ClF3N3OS/c1-12-16(17(27)24-7-10-26-8-3-2-4-9-26)28-18(25-12)14-11-13(19(21,22)23)5-6-15(14)20/h5-6,11H,2-4,7-10H2,1H3,(H,24,27). The van der Waals surface area contributed by atoms with Gasteiger partial charge in [0.15, 0.2) is 0 Å². The molecular weight excluding hydrogens is 411 g/mol. The van der Waals surface area contributed by atoms with E-state index in [0.717, 1.165) is 43.1 Å². The lowest BCUT2D eigenvalue weighted by Gasteiger charge is -2.26. The molecule has 3 rings (SSSR count). The number of aryl methyl sites for hydroxylation is 1. The molecule has 1 amide bonds. The Hall–Kier alpha value is -1.64. The summed E-state index contributed by atoms with van der Waals surface area (Å²) >= 11 is 7.14. The van der Waals surface area contributed by atoms with Crippen LogP contribution in [0.15, 0.2) is 18.2 Å². The fourth-order valence-corrected chi connectivity index (χ4v) is 4.45. The number of likely N-dealkylation sites (tertiary alicyclic amines) is 1. The largest absolute Gasteiger partial charge is 0.416 e. The molecule has 0 spiro atoms. The van der Waals surface area contributed by atoms with Gasteiger partial charge in [0.2, 0.25) is 0 Å². The van der Waals surface area contributed by atoms with Crippen molar-refractivity contribution < 1.29 is 18.0 Å². The molecular formula is C19H21ClF3N3OS. The molecule has 0 bridgehead atoms. The molecule has 1 aromatic carbocycles. The van der Waals surface area contributed by atoms with Crippen molar-refractivity contribution in [3.63, 3.8) is 0 Å². The average molecular weight is 432 g/mol. The van der Waals surface area contributed by atoms with E-state index in [9.17, 15) is 18.0 Å². The number of nitrogens with one attached hydrogen (secondary N) is 1. The summed E-state index contributed by atoms with van der Waals surface area (Å²) in [6.45, 7) is 5.08. The number of carbonyl (C=O) groups excluding carboxylic acids is 1. The fraction of sp³-hybridized carbons (Fsp3) is 0.474. The van der Waals surface area contributed by atoms with Crippen LogP contribution in [0, 0.1) is 6.92 Å². The van der Waals surface area contributed by atoms with Crippen molar-refractivity contribution in [3.05, 3.63) is 39.4 Å². The van der Waals surface area contributed by atoms with Crippen LogP contribution in [0.5, 0.6) is 0 Å². The van der Waals surface area contributed by atoms with Crippen LogP contribution in [-0.2, 0) is 6.18 Å². The first-order valence-electron chi connectivity index (χ1n) is 9.11. The number of alkyl halides is 3. The molecule has 2 heterocycles. The van der Waals surface area contributed by atoms with E-state index in [4.69, 9.17) is 11.6 Å². The predicted molar refractivity (Wildman–Crippen MR) is 105 cm³/mol. The smallest absolute Gasteiger partial charge is 0.350 e. The van der Waals surface area contributed by atoms with E-state index in [2.05, 4.69) is 15.2 Å². The topological polar surface area (TPSA) is 45.2 Å². The monoisotopic (exact) mass is 431 g/mol. The van der Waals surface area contributed by atoms with Gasteiger partial charge in [-0.25, -0.2) is 4.98 Å². The maximum absolute atomic E-state index is 13.0. The average Bonchev–Trinajstić information content (AvgIpc) is 3.03. The van der Waals surface area contributed by atoms with Crippen molar-refractivity contribution >= 4 is 28.8 Å². The number of hydrogen-bond acceptors (Lipinski definition) is 4. The number of benzene rings is 1. The van der Waals surface area contributed by atoms with Crippen molar-refractivity contribution in [2.45, 2.75) is 32.4 Å². The number of rotatable bonds is 5. The highest BCUT2D eigenvalue weighted by molar-refractivity contribution is 7.17. The quantitative estimate of drug-likeness (QED) is 0.724. The molecule has 4 nitrogen and oxygen atoms in total. The van der Waals surface area contributed by atoms with Gasteiger partial charge in [-0.15, -0.1) is 11.3 Å². The predicted octanol–water partition coefficient (Wildman–Crippen LogP) is 5.01. The van der Waals surface area contributed by atoms with Gasteiger partial charge in [-0.05, 0) is 51.1 Å². The summed E-state index contributed by atoms with van der Waals surface area (Å²) in [5.74, 6) is -0.263. The summed E-state index contributed by atoms with van der Waals surface area (Å²) in [6, 6.07) is 3.11. The third-order valence-electron chi connectivity index (χ3n) is 4.69. The molecule has 152 valence electrons. The molecule has 1 aliphatic rings. The van der Waals surface area contributed by atoms with Crippen LogP contribution >= 0.6 is 22.9 Å². The number of amides is 1. The van der Waals surface area contributed by atoms with Crippen LogP contribution < -0.4 is 5.32 Å². The molecule has 0 unspecified atom stereocenters. The van der Waals surface area contributed by atoms with Gasteiger partial charge in [0.1, 0.15) is 9.88 Å². The first-order valence-corrected chi connectivity index (χ1v) is 10.3. The van der Waals surface area contributed by atoms with Crippen molar-refractivity contribution in [2.75, 3.05) is 26.2 Å². The Morgan fingerprint density at radius 3 is 2.68 bits per heavy atom. The van der Waals surface area contributed by atoms with E-state index in [-0.39, 0.29) is 16.5 Å². The number of halogens is 4. The number of carbonyl (C=O) groups is 1. The van der Waals surface area contributed by atoms with Crippen LogP contribution in [0.3, 0.4) is 0 Å². The van der Waals surface area contributed by atoms with Gasteiger partial charge in [0.25, 0.3) is 5.91 Å². The number of nitrogens with zero attached hydrogens (tertiary/aromatic N) is 2. The maximum Gasteiger partial charge on any atom is 0.416 e. The molecule has 0 aliphatic carbocycles. The molecule has 1 N–H and O–H groups in total. The van der Waals surface area contributed by atoms with Gasteiger partial charge in [-0.2, -0.15) is 13.2 Å². The fourth-order valence-electron chi connectivity index (χ4n) is 3.18. The van der Waals surface area contributed by atoms with Gasteiger partial charge in [0.05, 0.1) is 16.3 Å². The van der Waals surface area contributed by atoms with Gasteiger partial charge in [-0.1, -0.05) is 18.0 Å². The third kappa shape index (κ3) is 5.04. The lowest BCUT2D eigenvalue weighted by Crippen LogP contribution is -2.37. The molecule has 0 radical (unpaired) electrons. The van der Waals surface area contributed by atoms with E-state index < -0.39 is 11.7 Å². The Morgan fingerprint density at radius 2 is 2.00 bits per heavy atom. The van der Waals surface area contributed by atoms with Crippen molar-refractivity contribution in [1.29, 1.82) is 0 Å². The Balaban J connectivity index is 1.71. The molecule has 1 aromatic heterocycles. The Labute approximate surface area is 170 Å². The second kappa shape index (κ2) is 8.80. The molecule has 1 aliphatic heterocycles. The molecule has 2 aromatic rings. The zero-order valence-electron chi connectivity index (χ0n) is 15.4. The van der Waals surface area contributed by atoms with Crippen LogP contribution in [0.25, 0.3) is 10.6 Å². The molecule has 28 heavy (non-hydrogen) atoms. The third-order valence-corrected chi connectivity index (χ3v) is 6.21. The van der Waals surface area contributed by atoms with Crippen molar-refractivity contribution in [2.24, 2.45) is 0 Å². The van der Waals surface area contributed by atoms with Crippen LogP contribution in [0.1, 0.15) is 40.2 Å². The van der Waals surface area contributed by atoms with Crippen molar-refractivity contribution in [3.8, 4) is 10.6 Å². The Kier molecular flexibility index (Phi) is 6.62. The van der Waals surface area contributed by atoms with Gasteiger partial charge in [-0.3, -0.25) is 4.79 Å². The van der Waals surface area contributed by atoms with E-state index in [0.29, 0.717) is 22.1 Å². The minimum atomic E-state index is -4.47. The first-order chi connectivity index (χ1) is 13.3. The van der Waals surface area contributed by atoms with E-state index in [1.807, 2.05) is 0 Å². The zero-order chi connectivity index (χ0) is 20.3. The molecule has 9 heteroatoms. The van der Waals surface area contributed by atoms with Gasteiger partial charge in [0, 0.05) is 18.7 Å². The second-order valence-electron chi connectivity index (χ2n) is 6.78. The normalized spacial score (nSPS) is 15.6. The number of hydrogen-bond donors (Lipinski definition) is 1. The maximum atomic E-state index is 13.0. The molecule has 0 atom stereocenters. The van der Waals surface area contributed by atoms with Gasteiger partial charge < -0.3 is 10.2 Å². The first kappa shape index (κ1) is 21.1. The van der Waals surface area contributed by atoms with E-state index >= 15 is 0 Å². The number of thiazole rings is 1. The highest BCUT2D eigenvalue weighted by atomic mass is 35.5. The molecule has 1 saturated heterocycles. The number of aromatic nitrogens is 1. The molecule has 1 fully saturated rings. The lowest BCUT2D eigenvalue weighted by atomic mass is 10.1. The SMILES string of the molecule is Cc1nc(-c2cc(C(F)(F)F)ccc2Cl)sc1C(=O)NCCN1CCCCC1. The Morgan fingerprint density at radius 1 is 1.29 bits per heavy atom.